The maximum atomic E-state index is 12.6. The predicted octanol–water partition coefficient (Wildman–Crippen LogP) is 3.82. The Morgan fingerprint density at radius 2 is 1.77 bits per heavy atom. The van der Waals surface area contributed by atoms with Crippen molar-refractivity contribution >= 4 is 11.8 Å². The zero-order valence-electron chi connectivity index (χ0n) is 14.6. The van der Waals surface area contributed by atoms with Crippen molar-refractivity contribution in [1.82, 2.24) is 9.97 Å². The fourth-order valence-electron chi connectivity index (χ4n) is 2.43. The van der Waals surface area contributed by atoms with E-state index in [2.05, 4.69) is 9.97 Å². The average molecular weight is 349 g/mol. The SMILES string of the molecule is Cc1cccc(Oc2cc(C)nc(N)c2C(=O)OCc2ccccc2)n1. The van der Waals surface area contributed by atoms with Gasteiger partial charge in [0, 0.05) is 23.5 Å². The van der Waals surface area contributed by atoms with Crippen molar-refractivity contribution in [2.24, 2.45) is 0 Å². The summed E-state index contributed by atoms with van der Waals surface area (Å²) in [6, 6.07) is 16.4. The van der Waals surface area contributed by atoms with Crippen LogP contribution in [0.1, 0.15) is 27.3 Å². The molecule has 0 atom stereocenters. The maximum absolute atomic E-state index is 12.6. The fourth-order valence-corrected chi connectivity index (χ4v) is 2.43. The van der Waals surface area contributed by atoms with Crippen LogP contribution in [-0.2, 0) is 11.3 Å². The Bertz CT molecular complexity index is 927. The molecule has 3 rings (SSSR count). The molecule has 0 fully saturated rings. The summed E-state index contributed by atoms with van der Waals surface area (Å²) in [4.78, 5) is 21.0. The number of pyridine rings is 2. The Kier molecular flexibility index (Phi) is 5.12. The Morgan fingerprint density at radius 1 is 1.00 bits per heavy atom. The molecule has 6 nitrogen and oxygen atoms in total. The maximum Gasteiger partial charge on any atom is 0.346 e. The molecular formula is C20H19N3O3. The molecule has 6 heteroatoms. The average Bonchev–Trinajstić information content (AvgIpc) is 2.60. The molecule has 0 radical (unpaired) electrons. The van der Waals surface area contributed by atoms with Crippen LogP contribution < -0.4 is 10.5 Å². The number of hydrogen-bond acceptors (Lipinski definition) is 6. The molecule has 2 aromatic heterocycles. The molecule has 2 heterocycles. The molecule has 0 saturated carbocycles. The molecule has 0 bridgehead atoms. The Balaban J connectivity index is 1.86. The number of nitrogens with zero attached hydrogens (tertiary/aromatic N) is 2. The number of benzene rings is 1. The summed E-state index contributed by atoms with van der Waals surface area (Å²) in [6.45, 7) is 3.76. The van der Waals surface area contributed by atoms with E-state index in [1.807, 2.05) is 49.4 Å². The first-order valence-electron chi connectivity index (χ1n) is 8.12. The van der Waals surface area contributed by atoms with Crippen LogP contribution in [0.2, 0.25) is 0 Å². The van der Waals surface area contributed by atoms with Crippen LogP contribution in [0.3, 0.4) is 0 Å². The number of aromatic nitrogens is 2. The highest BCUT2D eigenvalue weighted by Crippen LogP contribution is 2.29. The van der Waals surface area contributed by atoms with E-state index in [0.29, 0.717) is 11.6 Å². The van der Waals surface area contributed by atoms with Gasteiger partial charge in [0.05, 0.1) is 0 Å². The van der Waals surface area contributed by atoms with Gasteiger partial charge in [-0.05, 0) is 25.5 Å². The highest BCUT2D eigenvalue weighted by molar-refractivity contribution is 5.97. The highest BCUT2D eigenvalue weighted by Gasteiger charge is 2.21. The second-order valence-corrected chi connectivity index (χ2v) is 5.80. The zero-order chi connectivity index (χ0) is 18.5. The molecule has 2 N–H and O–H groups in total. The van der Waals surface area contributed by atoms with E-state index in [0.717, 1.165) is 11.3 Å². The monoisotopic (exact) mass is 349 g/mol. The van der Waals surface area contributed by atoms with Gasteiger partial charge in [-0.3, -0.25) is 0 Å². The number of nitrogen functional groups attached to an aromatic ring is 1. The van der Waals surface area contributed by atoms with E-state index in [1.54, 1.807) is 19.1 Å². The number of esters is 1. The smallest absolute Gasteiger partial charge is 0.346 e. The van der Waals surface area contributed by atoms with Crippen LogP contribution in [0.25, 0.3) is 0 Å². The van der Waals surface area contributed by atoms with Crippen LogP contribution >= 0.6 is 0 Å². The predicted molar refractivity (Wildman–Crippen MR) is 98.0 cm³/mol. The second-order valence-electron chi connectivity index (χ2n) is 5.80. The third-order valence-corrected chi connectivity index (χ3v) is 3.63. The first-order chi connectivity index (χ1) is 12.5. The van der Waals surface area contributed by atoms with Gasteiger partial charge in [-0.15, -0.1) is 0 Å². The summed E-state index contributed by atoms with van der Waals surface area (Å²) in [5.41, 5.74) is 8.36. The van der Waals surface area contributed by atoms with E-state index >= 15 is 0 Å². The summed E-state index contributed by atoms with van der Waals surface area (Å²) >= 11 is 0. The lowest BCUT2D eigenvalue weighted by atomic mass is 10.2. The van der Waals surface area contributed by atoms with Crippen LogP contribution in [0.4, 0.5) is 5.82 Å². The number of carbonyl (C=O) groups excluding carboxylic acids is 1. The number of carbonyl (C=O) groups is 1. The summed E-state index contributed by atoms with van der Waals surface area (Å²) in [5.74, 6) is 0.102. The molecular weight excluding hydrogens is 330 g/mol. The van der Waals surface area contributed by atoms with Gasteiger partial charge in [0.2, 0.25) is 5.88 Å². The minimum absolute atomic E-state index is 0.0608. The van der Waals surface area contributed by atoms with Gasteiger partial charge in [0.15, 0.2) is 0 Å². The molecule has 0 saturated heterocycles. The lowest BCUT2D eigenvalue weighted by Gasteiger charge is -2.13. The molecule has 0 amide bonds. The van der Waals surface area contributed by atoms with E-state index < -0.39 is 5.97 Å². The minimum atomic E-state index is -0.596. The molecule has 26 heavy (non-hydrogen) atoms. The van der Waals surface area contributed by atoms with Gasteiger partial charge in [-0.1, -0.05) is 36.4 Å². The molecule has 3 aromatic rings. The normalized spacial score (nSPS) is 10.4. The lowest BCUT2D eigenvalue weighted by molar-refractivity contribution is 0.0470. The number of rotatable bonds is 5. The second kappa shape index (κ2) is 7.65. The van der Waals surface area contributed by atoms with Gasteiger partial charge in [-0.25, -0.2) is 14.8 Å². The third-order valence-electron chi connectivity index (χ3n) is 3.63. The zero-order valence-corrected chi connectivity index (χ0v) is 14.6. The summed E-state index contributed by atoms with van der Waals surface area (Å²) in [7, 11) is 0. The van der Waals surface area contributed by atoms with Crippen LogP contribution in [0.15, 0.2) is 54.6 Å². The number of aryl methyl sites for hydroxylation is 2. The standard InChI is InChI=1S/C20H19N3O3/c1-13-7-6-10-17(22-13)26-16-11-14(2)23-19(21)18(16)20(24)25-12-15-8-4-3-5-9-15/h3-11H,12H2,1-2H3,(H2,21,23). The van der Waals surface area contributed by atoms with Crippen molar-refractivity contribution in [2.75, 3.05) is 5.73 Å². The first-order valence-corrected chi connectivity index (χ1v) is 8.12. The molecule has 0 aliphatic rings. The summed E-state index contributed by atoms with van der Waals surface area (Å²) < 4.78 is 11.2. The minimum Gasteiger partial charge on any atom is -0.457 e. The van der Waals surface area contributed by atoms with Crippen LogP contribution in [-0.4, -0.2) is 15.9 Å². The van der Waals surface area contributed by atoms with Gasteiger partial charge in [-0.2, -0.15) is 0 Å². The van der Waals surface area contributed by atoms with Gasteiger partial charge >= 0.3 is 5.97 Å². The van der Waals surface area contributed by atoms with Gasteiger partial charge in [0.25, 0.3) is 0 Å². The largest absolute Gasteiger partial charge is 0.457 e. The number of hydrogen-bond donors (Lipinski definition) is 1. The molecule has 0 aliphatic carbocycles. The van der Waals surface area contributed by atoms with E-state index in [-0.39, 0.29) is 23.7 Å². The fraction of sp³-hybridized carbons (Fsp3) is 0.150. The van der Waals surface area contributed by atoms with E-state index in [4.69, 9.17) is 15.2 Å². The number of anilines is 1. The Morgan fingerprint density at radius 3 is 2.50 bits per heavy atom. The van der Waals surface area contributed by atoms with E-state index in [1.165, 1.54) is 0 Å². The summed E-state index contributed by atoms with van der Waals surface area (Å²) in [5, 5.41) is 0. The third kappa shape index (κ3) is 4.16. The Labute approximate surface area is 151 Å². The van der Waals surface area contributed by atoms with Crippen molar-refractivity contribution in [3.63, 3.8) is 0 Å². The Hall–Kier alpha value is -3.41. The molecule has 1 aromatic carbocycles. The molecule has 0 spiro atoms. The highest BCUT2D eigenvalue weighted by atomic mass is 16.5. The molecule has 0 aliphatic heterocycles. The van der Waals surface area contributed by atoms with Crippen molar-refractivity contribution in [2.45, 2.75) is 20.5 Å². The van der Waals surface area contributed by atoms with Gasteiger partial charge < -0.3 is 15.2 Å². The van der Waals surface area contributed by atoms with Crippen molar-refractivity contribution < 1.29 is 14.3 Å². The molecule has 132 valence electrons. The first kappa shape index (κ1) is 17.4. The van der Waals surface area contributed by atoms with Crippen molar-refractivity contribution in [3.8, 4) is 11.6 Å². The lowest BCUT2D eigenvalue weighted by Crippen LogP contribution is -2.12. The van der Waals surface area contributed by atoms with Gasteiger partial charge in [0.1, 0.15) is 23.7 Å². The van der Waals surface area contributed by atoms with Crippen molar-refractivity contribution in [1.29, 1.82) is 0 Å². The number of nitrogens with two attached hydrogens (primary N) is 1. The topological polar surface area (TPSA) is 87.3 Å². The van der Waals surface area contributed by atoms with Crippen LogP contribution in [0, 0.1) is 13.8 Å². The quantitative estimate of drug-likeness (QED) is 0.705. The van der Waals surface area contributed by atoms with Crippen molar-refractivity contribution in [3.05, 3.63) is 77.1 Å². The van der Waals surface area contributed by atoms with E-state index in [9.17, 15) is 4.79 Å². The molecule has 0 unspecified atom stereocenters. The summed E-state index contributed by atoms with van der Waals surface area (Å²) in [6.07, 6.45) is 0. The number of ether oxygens (including phenoxy) is 2. The van der Waals surface area contributed by atoms with Crippen LogP contribution in [0.5, 0.6) is 11.6 Å².